The Morgan fingerprint density at radius 2 is 2.00 bits per heavy atom. The van der Waals surface area contributed by atoms with E-state index in [9.17, 15) is 23.4 Å². The predicted molar refractivity (Wildman–Crippen MR) is 106 cm³/mol. The van der Waals surface area contributed by atoms with Crippen LogP contribution < -0.4 is 10.8 Å². The zero-order valence-electron chi connectivity index (χ0n) is 16.9. The van der Waals surface area contributed by atoms with Crippen LogP contribution >= 0.6 is 0 Å². The fourth-order valence-corrected chi connectivity index (χ4v) is 3.35. The van der Waals surface area contributed by atoms with Gasteiger partial charge in [-0.3, -0.25) is 4.79 Å². The zero-order chi connectivity index (χ0) is 22.0. The molecule has 30 heavy (non-hydrogen) atoms. The Morgan fingerprint density at radius 1 is 1.27 bits per heavy atom. The first-order valence-corrected chi connectivity index (χ1v) is 9.52. The molecule has 1 amide bonds. The molecular weight excluding hydrogens is 395 g/mol. The highest BCUT2D eigenvalue weighted by Gasteiger charge is 2.32. The fourth-order valence-electron chi connectivity index (χ4n) is 3.35. The van der Waals surface area contributed by atoms with Crippen LogP contribution in [0.4, 0.5) is 8.78 Å². The van der Waals surface area contributed by atoms with E-state index in [-0.39, 0.29) is 24.7 Å². The number of esters is 1. The first kappa shape index (κ1) is 21.9. The highest BCUT2D eigenvalue weighted by atomic mass is 19.1. The van der Waals surface area contributed by atoms with E-state index in [1.807, 2.05) is 0 Å². The molecular formula is C21H22BF2NO5. The van der Waals surface area contributed by atoms with Crippen molar-refractivity contribution in [3.8, 4) is 0 Å². The lowest BCUT2D eigenvalue weighted by Gasteiger charge is -2.22. The number of nitrogens with one attached hydrogen (secondary N) is 1. The van der Waals surface area contributed by atoms with Gasteiger partial charge in [-0.05, 0) is 47.6 Å². The van der Waals surface area contributed by atoms with E-state index >= 15 is 0 Å². The van der Waals surface area contributed by atoms with E-state index in [4.69, 9.17) is 9.39 Å². The number of ether oxygens (including phenoxy) is 1. The first-order chi connectivity index (χ1) is 14.2. The Morgan fingerprint density at radius 3 is 2.67 bits per heavy atom. The van der Waals surface area contributed by atoms with Gasteiger partial charge < -0.3 is 19.7 Å². The Kier molecular flexibility index (Phi) is 6.53. The number of hydrogen-bond donors (Lipinski definition) is 2. The van der Waals surface area contributed by atoms with Crippen molar-refractivity contribution in [1.29, 1.82) is 0 Å². The molecule has 0 radical (unpaired) electrons. The van der Waals surface area contributed by atoms with Crippen molar-refractivity contribution in [3.05, 3.63) is 64.2 Å². The van der Waals surface area contributed by atoms with Gasteiger partial charge in [-0.25, -0.2) is 13.6 Å². The summed E-state index contributed by atoms with van der Waals surface area (Å²) in [4.78, 5) is 25.3. The molecule has 3 rings (SSSR count). The van der Waals surface area contributed by atoms with Crippen LogP contribution in [0, 0.1) is 24.5 Å². The Balaban J connectivity index is 1.71. The van der Waals surface area contributed by atoms with Crippen LogP contribution in [-0.4, -0.2) is 30.1 Å². The molecule has 0 saturated heterocycles. The van der Waals surface area contributed by atoms with E-state index in [1.54, 1.807) is 32.9 Å². The normalized spacial score (nSPS) is 13.9. The monoisotopic (exact) mass is 417 g/mol. The van der Waals surface area contributed by atoms with Crippen molar-refractivity contribution < 1.29 is 32.8 Å². The SMILES string of the molecule is Cc1c(C(=O)N[C@H](C(=O)OCc2ccc(F)cc2F)C(C)C)ccc2c1B(O)OC2. The van der Waals surface area contributed by atoms with Gasteiger partial charge in [0.15, 0.2) is 0 Å². The number of halogens is 2. The van der Waals surface area contributed by atoms with Gasteiger partial charge in [-0.15, -0.1) is 0 Å². The lowest BCUT2D eigenvalue weighted by Crippen LogP contribution is -2.46. The van der Waals surface area contributed by atoms with Crippen molar-refractivity contribution >= 4 is 24.5 Å². The summed E-state index contributed by atoms with van der Waals surface area (Å²) in [5.41, 5.74) is 2.26. The molecule has 0 aliphatic carbocycles. The number of hydrogen-bond acceptors (Lipinski definition) is 5. The minimum absolute atomic E-state index is 0.0297. The second-order valence-electron chi connectivity index (χ2n) is 7.51. The van der Waals surface area contributed by atoms with Crippen LogP contribution in [0.1, 0.15) is 40.9 Å². The lowest BCUT2D eigenvalue weighted by atomic mass is 9.75. The average Bonchev–Trinajstić information content (AvgIpc) is 3.06. The minimum atomic E-state index is -1.09. The molecule has 2 N–H and O–H groups in total. The van der Waals surface area contributed by atoms with Crippen LogP contribution in [0.3, 0.4) is 0 Å². The third-order valence-electron chi connectivity index (χ3n) is 5.09. The largest absolute Gasteiger partial charge is 0.492 e. The average molecular weight is 417 g/mol. The van der Waals surface area contributed by atoms with Crippen LogP contribution in [0.2, 0.25) is 0 Å². The highest BCUT2D eigenvalue weighted by molar-refractivity contribution is 6.62. The maximum Gasteiger partial charge on any atom is 0.492 e. The molecule has 0 unspecified atom stereocenters. The molecule has 2 aromatic rings. The molecule has 0 spiro atoms. The van der Waals surface area contributed by atoms with Gasteiger partial charge in [-0.2, -0.15) is 0 Å². The topological polar surface area (TPSA) is 84.9 Å². The quantitative estimate of drug-likeness (QED) is 0.555. The third kappa shape index (κ3) is 4.52. The maximum absolute atomic E-state index is 13.7. The standard InChI is InChI=1S/C21H22BF2NO5/c1-11(2)19(21(27)29-9-13-4-6-15(23)8-17(13)24)25-20(26)16-7-5-14-10-30-22(28)18(14)12(16)3/h4-8,11,19,28H,9-10H2,1-3H3,(H,25,26)/t19-/m0/s1. The maximum atomic E-state index is 13.7. The number of fused-ring (bicyclic) bond motifs is 1. The molecule has 2 aromatic carbocycles. The van der Waals surface area contributed by atoms with E-state index in [2.05, 4.69) is 5.32 Å². The molecule has 0 saturated carbocycles. The second-order valence-corrected chi connectivity index (χ2v) is 7.51. The summed E-state index contributed by atoms with van der Waals surface area (Å²) in [5.74, 6) is -3.08. The summed E-state index contributed by atoms with van der Waals surface area (Å²) in [7, 11) is -1.09. The molecule has 1 atom stereocenters. The number of benzene rings is 2. The van der Waals surface area contributed by atoms with Crippen LogP contribution in [-0.2, 0) is 27.4 Å². The Hall–Kier alpha value is -2.78. The number of carbonyl (C=O) groups excluding carboxylic acids is 2. The molecule has 0 fully saturated rings. The smallest absolute Gasteiger partial charge is 0.459 e. The van der Waals surface area contributed by atoms with Gasteiger partial charge >= 0.3 is 13.1 Å². The minimum Gasteiger partial charge on any atom is -0.459 e. The summed E-state index contributed by atoms with van der Waals surface area (Å²) in [5, 5.41) is 12.6. The highest BCUT2D eigenvalue weighted by Crippen LogP contribution is 2.17. The van der Waals surface area contributed by atoms with Gasteiger partial charge in [0.05, 0.1) is 6.61 Å². The van der Waals surface area contributed by atoms with Crippen molar-refractivity contribution in [2.24, 2.45) is 5.92 Å². The van der Waals surface area contributed by atoms with Gasteiger partial charge in [-0.1, -0.05) is 19.9 Å². The van der Waals surface area contributed by atoms with Gasteiger partial charge in [0, 0.05) is 17.2 Å². The Bertz CT molecular complexity index is 982. The van der Waals surface area contributed by atoms with Crippen molar-refractivity contribution in [2.45, 2.75) is 40.0 Å². The fraction of sp³-hybridized carbons (Fsp3) is 0.333. The molecule has 1 aliphatic rings. The first-order valence-electron chi connectivity index (χ1n) is 9.52. The molecule has 1 heterocycles. The molecule has 0 aromatic heterocycles. The number of rotatable bonds is 6. The molecule has 0 bridgehead atoms. The number of amides is 1. The summed E-state index contributed by atoms with van der Waals surface area (Å²) in [6.07, 6.45) is 0. The second kappa shape index (κ2) is 8.93. The number of carbonyl (C=O) groups is 2. The summed E-state index contributed by atoms with van der Waals surface area (Å²) in [6.45, 7) is 5.05. The Labute approximate surface area is 173 Å². The van der Waals surface area contributed by atoms with Gasteiger partial charge in [0.1, 0.15) is 24.3 Å². The molecule has 9 heteroatoms. The van der Waals surface area contributed by atoms with Crippen molar-refractivity contribution in [2.75, 3.05) is 0 Å². The van der Waals surface area contributed by atoms with E-state index in [1.165, 1.54) is 6.07 Å². The summed E-state index contributed by atoms with van der Waals surface area (Å²) < 4.78 is 37.1. The zero-order valence-corrected chi connectivity index (χ0v) is 16.9. The third-order valence-corrected chi connectivity index (χ3v) is 5.09. The van der Waals surface area contributed by atoms with Crippen LogP contribution in [0.5, 0.6) is 0 Å². The molecule has 1 aliphatic heterocycles. The van der Waals surface area contributed by atoms with Gasteiger partial charge in [0.25, 0.3) is 5.91 Å². The molecule has 6 nitrogen and oxygen atoms in total. The van der Waals surface area contributed by atoms with Crippen LogP contribution in [0.25, 0.3) is 0 Å². The van der Waals surface area contributed by atoms with E-state index in [0.29, 0.717) is 22.7 Å². The molecule has 158 valence electrons. The van der Waals surface area contributed by atoms with Crippen molar-refractivity contribution in [1.82, 2.24) is 5.32 Å². The summed E-state index contributed by atoms with van der Waals surface area (Å²) >= 11 is 0. The summed E-state index contributed by atoms with van der Waals surface area (Å²) in [6, 6.07) is 5.31. The van der Waals surface area contributed by atoms with Gasteiger partial charge in [0.2, 0.25) is 0 Å². The van der Waals surface area contributed by atoms with E-state index < -0.39 is 36.7 Å². The van der Waals surface area contributed by atoms with Crippen molar-refractivity contribution in [3.63, 3.8) is 0 Å². The van der Waals surface area contributed by atoms with Crippen LogP contribution in [0.15, 0.2) is 30.3 Å². The van der Waals surface area contributed by atoms with E-state index in [0.717, 1.165) is 11.6 Å². The predicted octanol–water partition coefficient (Wildman–Crippen LogP) is 1.99. The lowest BCUT2D eigenvalue weighted by molar-refractivity contribution is -0.148.